The molecule has 0 amide bonds. The van der Waals surface area contributed by atoms with Crippen LogP contribution < -0.4 is 5.32 Å². The van der Waals surface area contributed by atoms with E-state index in [0.717, 1.165) is 11.4 Å². The summed E-state index contributed by atoms with van der Waals surface area (Å²) < 4.78 is 13.6. The van der Waals surface area contributed by atoms with Crippen LogP contribution in [0.2, 0.25) is 5.02 Å². The maximum absolute atomic E-state index is 13.6. The fourth-order valence-corrected chi connectivity index (χ4v) is 2.67. The molecule has 0 unspecified atom stereocenters. The Labute approximate surface area is 102 Å². The molecular formula is C11H10ClFN2S. The van der Waals surface area contributed by atoms with E-state index in [9.17, 15) is 4.39 Å². The van der Waals surface area contributed by atoms with E-state index in [1.165, 1.54) is 17.4 Å². The summed E-state index contributed by atoms with van der Waals surface area (Å²) in [4.78, 5) is 5.23. The molecule has 1 heterocycles. The SMILES string of the molecule is CNCc1cnc(-c2c(F)cccc2Cl)s1. The van der Waals surface area contributed by atoms with Gasteiger partial charge in [0.05, 0.1) is 10.6 Å². The molecule has 1 aromatic carbocycles. The van der Waals surface area contributed by atoms with Gasteiger partial charge in [-0.2, -0.15) is 0 Å². The van der Waals surface area contributed by atoms with E-state index < -0.39 is 0 Å². The number of hydrogen-bond donors (Lipinski definition) is 1. The molecule has 0 aliphatic heterocycles. The van der Waals surface area contributed by atoms with Crippen LogP contribution in [0.15, 0.2) is 24.4 Å². The van der Waals surface area contributed by atoms with Gasteiger partial charge >= 0.3 is 0 Å². The first kappa shape index (κ1) is 11.5. The molecule has 16 heavy (non-hydrogen) atoms. The van der Waals surface area contributed by atoms with Crippen molar-refractivity contribution < 1.29 is 4.39 Å². The average Bonchev–Trinajstić information content (AvgIpc) is 2.67. The first-order valence-electron chi connectivity index (χ1n) is 4.76. The van der Waals surface area contributed by atoms with Crippen LogP contribution in [0.4, 0.5) is 4.39 Å². The Hall–Kier alpha value is -0.970. The van der Waals surface area contributed by atoms with E-state index in [2.05, 4.69) is 10.3 Å². The van der Waals surface area contributed by atoms with Crippen LogP contribution in [0, 0.1) is 5.82 Å². The summed E-state index contributed by atoms with van der Waals surface area (Å²) >= 11 is 7.40. The molecule has 1 aromatic heterocycles. The van der Waals surface area contributed by atoms with Gasteiger partial charge in [0.2, 0.25) is 0 Å². The van der Waals surface area contributed by atoms with Crippen LogP contribution in [0.3, 0.4) is 0 Å². The van der Waals surface area contributed by atoms with Crippen molar-refractivity contribution >= 4 is 22.9 Å². The zero-order valence-electron chi connectivity index (χ0n) is 8.63. The molecule has 0 atom stereocenters. The summed E-state index contributed by atoms with van der Waals surface area (Å²) in [5.74, 6) is -0.335. The molecule has 1 N–H and O–H groups in total. The number of nitrogens with one attached hydrogen (secondary N) is 1. The van der Waals surface area contributed by atoms with Crippen molar-refractivity contribution in [1.29, 1.82) is 0 Å². The van der Waals surface area contributed by atoms with Gasteiger partial charge in [-0.25, -0.2) is 9.37 Å². The van der Waals surface area contributed by atoms with Crippen LogP contribution in [0.25, 0.3) is 10.6 Å². The summed E-state index contributed by atoms with van der Waals surface area (Å²) in [6.45, 7) is 0.726. The summed E-state index contributed by atoms with van der Waals surface area (Å²) in [6, 6.07) is 4.64. The minimum atomic E-state index is -0.335. The van der Waals surface area contributed by atoms with Gasteiger partial charge < -0.3 is 5.32 Å². The van der Waals surface area contributed by atoms with Crippen molar-refractivity contribution in [2.75, 3.05) is 7.05 Å². The smallest absolute Gasteiger partial charge is 0.134 e. The molecule has 2 aromatic rings. The van der Waals surface area contributed by atoms with E-state index in [4.69, 9.17) is 11.6 Å². The van der Waals surface area contributed by atoms with E-state index in [1.807, 2.05) is 7.05 Å². The van der Waals surface area contributed by atoms with Crippen molar-refractivity contribution in [2.24, 2.45) is 0 Å². The molecule has 0 bridgehead atoms. The number of aromatic nitrogens is 1. The molecule has 0 aliphatic rings. The van der Waals surface area contributed by atoms with E-state index >= 15 is 0 Å². The first-order valence-corrected chi connectivity index (χ1v) is 5.95. The number of thiazole rings is 1. The van der Waals surface area contributed by atoms with Crippen molar-refractivity contribution in [2.45, 2.75) is 6.54 Å². The highest BCUT2D eigenvalue weighted by Gasteiger charge is 2.13. The van der Waals surface area contributed by atoms with Gasteiger partial charge in [0.25, 0.3) is 0 Å². The predicted molar refractivity (Wildman–Crippen MR) is 65.3 cm³/mol. The normalized spacial score (nSPS) is 10.7. The van der Waals surface area contributed by atoms with Crippen LogP contribution >= 0.6 is 22.9 Å². The third-order valence-corrected chi connectivity index (χ3v) is 3.41. The molecular weight excluding hydrogens is 247 g/mol. The second kappa shape index (κ2) is 4.91. The average molecular weight is 257 g/mol. The Morgan fingerprint density at radius 2 is 2.31 bits per heavy atom. The van der Waals surface area contributed by atoms with Crippen molar-refractivity contribution in [3.8, 4) is 10.6 Å². The Morgan fingerprint density at radius 1 is 1.50 bits per heavy atom. The lowest BCUT2D eigenvalue weighted by atomic mass is 10.2. The minimum absolute atomic E-state index is 0.335. The van der Waals surface area contributed by atoms with Crippen LogP contribution in [0.5, 0.6) is 0 Å². The molecule has 0 radical (unpaired) electrons. The summed E-state index contributed by atoms with van der Waals surface area (Å²) in [7, 11) is 1.86. The molecule has 5 heteroatoms. The van der Waals surface area contributed by atoms with Crippen molar-refractivity contribution in [3.63, 3.8) is 0 Å². The van der Waals surface area contributed by atoms with Crippen LogP contribution in [-0.4, -0.2) is 12.0 Å². The van der Waals surface area contributed by atoms with Crippen LogP contribution in [0.1, 0.15) is 4.88 Å². The van der Waals surface area contributed by atoms with Gasteiger partial charge in [-0.15, -0.1) is 11.3 Å². The fourth-order valence-electron chi connectivity index (χ4n) is 1.38. The quantitative estimate of drug-likeness (QED) is 0.911. The zero-order valence-corrected chi connectivity index (χ0v) is 10.2. The van der Waals surface area contributed by atoms with Gasteiger partial charge in [0, 0.05) is 17.6 Å². The number of hydrogen-bond acceptors (Lipinski definition) is 3. The molecule has 0 saturated carbocycles. The maximum Gasteiger partial charge on any atom is 0.134 e. The standard InChI is InChI=1S/C11H10ClFN2S/c1-14-5-7-6-15-11(16-7)10-8(12)3-2-4-9(10)13/h2-4,6,14H,5H2,1H3. The highest BCUT2D eigenvalue weighted by Crippen LogP contribution is 2.33. The van der Waals surface area contributed by atoms with Crippen molar-refractivity contribution in [3.05, 3.63) is 40.1 Å². The Morgan fingerprint density at radius 3 is 3.00 bits per heavy atom. The highest BCUT2D eigenvalue weighted by atomic mass is 35.5. The second-order valence-corrected chi connectivity index (χ2v) is 4.78. The number of rotatable bonds is 3. The fraction of sp³-hybridized carbons (Fsp3) is 0.182. The van der Waals surface area contributed by atoms with E-state index in [-0.39, 0.29) is 5.82 Å². The van der Waals surface area contributed by atoms with Gasteiger partial charge in [0.1, 0.15) is 10.8 Å². The summed E-state index contributed by atoms with van der Waals surface area (Å²) in [5, 5.41) is 4.03. The minimum Gasteiger partial charge on any atom is -0.315 e. The predicted octanol–water partition coefficient (Wildman–Crippen LogP) is 3.32. The van der Waals surface area contributed by atoms with Gasteiger partial charge in [-0.3, -0.25) is 0 Å². The van der Waals surface area contributed by atoms with Gasteiger partial charge in [-0.1, -0.05) is 17.7 Å². The molecule has 84 valence electrons. The molecule has 0 saturated heterocycles. The topological polar surface area (TPSA) is 24.9 Å². The monoisotopic (exact) mass is 256 g/mol. The Balaban J connectivity index is 2.42. The third-order valence-electron chi connectivity index (χ3n) is 2.08. The number of halogens is 2. The molecule has 0 fully saturated rings. The second-order valence-electron chi connectivity index (χ2n) is 3.26. The first-order chi connectivity index (χ1) is 7.72. The largest absolute Gasteiger partial charge is 0.315 e. The lowest BCUT2D eigenvalue weighted by Crippen LogP contribution is -2.02. The molecule has 0 spiro atoms. The van der Waals surface area contributed by atoms with Crippen LogP contribution in [-0.2, 0) is 6.54 Å². The van der Waals surface area contributed by atoms with E-state index in [1.54, 1.807) is 18.3 Å². The summed E-state index contributed by atoms with van der Waals surface area (Å²) in [5.41, 5.74) is 0.386. The zero-order chi connectivity index (χ0) is 11.5. The molecule has 0 aliphatic carbocycles. The van der Waals surface area contributed by atoms with Gasteiger partial charge in [-0.05, 0) is 19.2 Å². The number of nitrogens with zero attached hydrogens (tertiary/aromatic N) is 1. The molecule has 2 nitrogen and oxygen atoms in total. The van der Waals surface area contributed by atoms with Crippen molar-refractivity contribution in [1.82, 2.24) is 10.3 Å². The highest BCUT2D eigenvalue weighted by molar-refractivity contribution is 7.15. The Bertz CT molecular complexity index is 478. The summed E-state index contributed by atoms with van der Waals surface area (Å²) in [6.07, 6.45) is 1.74. The lowest BCUT2D eigenvalue weighted by Gasteiger charge is -2.01. The van der Waals surface area contributed by atoms with Gasteiger partial charge in [0.15, 0.2) is 0 Å². The van der Waals surface area contributed by atoms with E-state index in [0.29, 0.717) is 15.6 Å². The Kier molecular flexibility index (Phi) is 3.53. The lowest BCUT2D eigenvalue weighted by molar-refractivity contribution is 0.631. The number of benzene rings is 1. The molecule has 2 rings (SSSR count). The maximum atomic E-state index is 13.6. The third kappa shape index (κ3) is 2.24.